The standard InChI is InChI=1S/C18H28N2O2/c1-3-12-20(18(21)22-4-2)17-10-13-19(14-11-17)15-16-8-6-5-7-9-16/h5-9,17H,3-4,10-15H2,1-2H3. The highest BCUT2D eigenvalue weighted by atomic mass is 16.6. The summed E-state index contributed by atoms with van der Waals surface area (Å²) in [6.45, 7) is 8.30. The maximum absolute atomic E-state index is 12.1. The van der Waals surface area contributed by atoms with E-state index in [0.717, 1.165) is 45.4 Å². The van der Waals surface area contributed by atoms with Gasteiger partial charge in [-0.1, -0.05) is 37.3 Å². The van der Waals surface area contributed by atoms with E-state index < -0.39 is 0 Å². The first-order valence-electron chi connectivity index (χ1n) is 8.44. The summed E-state index contributed by atoms with van der Waals surface area (Å²) in [5.74, 6) is 0. The van der Waals surface area contributed by atoms with Crippen LogP contribution in [0.4, 0.5) is 4.79 Å². The fourth-order valence-corrected chi connectivity index (χ4v) is 3.10. The molecule has 1 aliphatic heterocycles. The summed E-state index contributed by atoms with van der Waals surface area (Å²) < 4.78 is 5.21. The van der Waals surface area contributed by atoms with Gasteiger partial charge in [-0.2, -0.15) is 0 Å². The zero-order valence-electron chi connectivity index (χ0n) is 13.8. The summed E-state index contributed by atoms with van der Waals surface area (Å²) in [4.78, 5) is 16.5. The number of piperidine rings is 1. The molecule has 1 heterocycles. The minimum absolute atomic E-state index is 0.147. The van der Waals surface area contributed by atoms with Crippen molar-refractivity contribution < 1.29 is 9.53 Å². The van der Waals surface area contributed by atoms with Crippen molar-refractivity contribution in [1.29, 1.82) is 0 Å². The van der Waals surface area contributed by atoms with Crippen molar-refractivity contribution in [3.05, 3.63) is 35.9 Å². The number of ether oxygens (including phenoxy) is 1. The Balaban J connectivity index is 1.85. The number of carbonyl (C=O) groups is 1. The zero-order chi connectivity index (χ0) is 15.8. The topological polar surface area (TPSA) is 32.8 Å². The molecule has 2 rings (SSSR count). The summed E-state index contributed by atoms with van der Waals surface area (Å²) in [6, 6.07) is 10.9. The highest BCUT2D eigenvalue weighted by Crippen LogP contribution is 2.19. The molecule has 1 aromatic carbocycles. The maximum atomic E-state index is 12.1. The predicted molar refractivity (Wildman–Crippen MR) is 88.8 cm³/mol. The van der Waals surface area contributed by atoms with Crippen molar-refractivity contribution in [2.75, 3.05) is 26.2 Å². The van der Waals surface area contributed by atoms with Crippen LogP contribution >= 0.6 is 0 Å². The fraction of sp³-hybridized carbons (Fsp3) is 0.611. The van der Waals surface area contributed by atoms with Crippen molar-refractivity contribution in [2.24, 2.45) is 0 Å². The molecule has 0 unspecified atom stereocenters. The molecule has 4 heteroatoms. The maximum Gasteiger partial charge on any atom is 0.409 e. The molecule has 22 heavy (non-hydrogen) atoms. The first-order chi connectivity index (χ1) is 10.7. The third kappa shape index (κ3) is 4.73. The number of carbonyl (C=O) groups excluding carboxylic acids is 1. The van der Waals surface area contributed by atoms with Crippen LogP contribution in [0, 0.1) is 0 Å². The second-order valence-electron chi connectivity index (χ2n) is 5.89. The number of rotatable bonds is 6. The monoisotopic (exact) mass is 304 g/mol. The molecule has 1 amide bonds. The zero-order valence-corrected chi connectivity index (χ0v) is 13.8. The van der Waals surface area contributed by atoms with Gasteiger partial charge in [-0.15, -0.1) is 0 Å². The Hall–Kier alpha value is -1.55. The van der Waals surface area contributed by atoms with Crippen molar-refractivity contribution in [2.45, 2.75) is 45.7 Å². The van der Waals surface area contributed by atoms with Crippen LogP contribution in [0.5, 0.6) is 0 Å². The van der Waals surface area contributed by atoms with Crippen LogP contribution in [0.15, 0.2) is 30.3 Å². The van der Waals surface area contributed by atoms with Gasteiger partial charge in [-0.3, -0.25) is 4.90 Å². The molecule has 1 aromatic rings. The molecular weight excluding hydrogens is 276 g/mol. The molecule has 1 aliphatic rings. The first kappa shape index (κ1) is 16.8. The summed E-state index contributed by atoms with van der Waals surface area (Å²) in [7, 11) is 0. The van der Waals surface area contributed by atoms with E-state index in [1.54, 1.807) is 0 Å². The van der Waals surface area contributed by atoms with Crippen molar-refractivity contribution in [3.8, 4) is 0 Å². The van der Waals surface area contributed by atoms with Crippen LogP contribution in [0.2, 0.25) is 0 Å². The lowest BCUT2D eigenvalue weighted by atomic mass is 10.0. The molecule has 0 aliphatic carbocycles. The molecule has 122 valence electrons. The Kier molecular flexibility index (Phi) is 6.72. The number of hydrogen-bond donors (Lipinski definition) is 0. The van der Waals surface area contributed by atoms with E-state index in [-0.39, 0.29) is 6.09 Å². The van der Waals surface area contributed by atoms with Crippen molar-refractivity contribution in [3.63, 3.8) is 0 Å². The lowest BCUT2D eigenvalue weighted by molar-refractivity contribution is 0.0666. The highest BCUT2D eigenvalue weighted by molar-refractivity contribution is 5.68. The number of amides is 1. The van der Waals surface area contributed by atoms with Gasteiger partial charge < -0.3 is 9.64 Å². The predicted octanol–water partition coefficient (Wildman–Crippen LogP) is 3.52. The van der Waals surface area contributed by atoms with Gasteiger partial charge in [0.25, 0.3) is 0 Å². The fourth-order valence-electron chi connectivity index (χ4n) is 3.10. The summed E-state index contributed by atoms with van der Waals surface area (Å²) in [5.41, 5.74) is 1.36. The number of benzene rings is 1. The number of hydrogen-bond acceptors (Lipinski definition) is 3. The Morgan fingerprint density at radius 1 is 1.23 bits per heavy atom. The van der Waals surface area contributed by atoms with E-state index in [1.807, 2.05) is 11.8 Å². The SMILES string of the molecule is CCCN(C(=O)OCC)C1CCN(Cc2ccccc2)CC1. The highest BCUT2D eigenvalue weighted by Gasteiger charge is 2.28. The van der Waals surface area contributed by atoms with E-state index >= 15 is 0 Å². The van der Waals surface area contributed by atoms with Crippen molar-refractivity contribution >= 4 is 6.09 Å². The summed E-state index contributed by atoms with van der Waals surface area (Å²) >= 11 is 0. The van der Waals surface area contributed by atoms with Gasteiger partial charge in [0, 0.05) is 32.2 Å². The van der Waals surface area contributed by atoms with E-state index in [0.29, 0.717) is 12.6 Å². The van der Waals surface area contributed by atoms with Crippen LogP contribution in [0.3, 0.4) is 0 Å². The minimum Gasteiger partial charge on any atom is -0.450 e. The smallest absolute Gasteiger partial charge is 0.409 e. The van der Waals surface area contributed by atoms with Crippen LogP contribution in [0.25, 0.3) is 0 Å². The molecular formula is C18H28N2O2. The molecule has 4 nitrogen and oxygen atoms in total. The van der Waals surface area contributed by atoms with Crippen molar-refractivity contribution in [1.82, 2.24) is 9.80 Å². The van der Waals surface area contributed by atoms with Gasteiger partial charge in [-0.05, 0) is 31.7 Å². The van der Waals surface area contributed by atoms with E-state index in [4.69, 9.17) is 4.74 Å². The Bertz CT molecular complexity index is 442. The molecule has 1 saturated heterocycles. The minimum atomic E-state index is -0.147. The average Bonchev–Trinajstić information content (AvgIpc) is 2.55. The van der Waals surface area contributed by atoms with Crippen LogP contribution < -0.4 is 0 Å². The summed E-state index contributed by atoms with van der Waals surface area (Å²) in [5, 5.41) is 0. The van der Waals surface area contributed by atoms with Crippen LogP contribution in [0.1, 0.15) is 38.7 Å². The molecule has 0 atom stereocenters. The largest absolute Gasteiger partial charge is 0.450 e. The molecule has 0 spiro atoms. The third-order valence-electron chi connectivity index (χ3n) is 4.21. The van der Waals surface area contributed by atoms with Gasteiger partial charge in [0.05, 0.1) is 6.61 Å². The molecule has 1 fully saturated rings. The number of nitrogens with zero attached hydrogens (tertiary/aromatic N) is 2. The number of likely N-dealkylation sites (tertiary alicyclic amines) is 1. The quantitative estimate of drug-likeness (QED) is 0.806. The molecule has 0 N–H and O–H groups in total. The second kappa shape index (κ2) is 8.79. The van der Waals surface area contributed by atoms with Gasteiger partial charge in [0.2, 0.25) is 0 Å². The molecule has 0 radical (unpaired) electrons. The van der Waals surface area contributed by atoms with E-state index in [1.165, 1.54) is 5.56 Å². The van der Waals surface area contributed by atoms with Gasteiger partial charge in [0.1, 0.15) is 0 Å². The van der Waals surface area contributed by atoms with Crippen LogP contribution in [-0.4, -0.2) is 48.2 Å². The van der Waals surface area contributed by atoms with Crippen LogP contribution in [-0.2, 0) is 11.3 Å². The Morgan fingerprint density at radius 3 is 2.50 bits per heavy atom. The normalized spacial score (nSPS) is 16.5. The lowest BCUT2D eigenvalue weighted by Crippen LogP contribution is -2.47. The first-order valence-corrected chi connectivity index (χ1v) is 8.44. The molecule has 0 bridgehead atoms. The molecule has 0 aromatic heterocycles. The second-order valence-corrected chi connectivity index (χ2v) is 5.89. The van der Waals surface area contributed by atoms with E-state index in [9.17, 15) is 4.79 Å². The molecule has 0 saturated carbocycles. The Labute approximate surface area is 134 Å². The Morgan fingerprint density at radius 2 is 1.91 bits per heavy atom. The van der Waals surface area contributed by atoms with Gasteiger partial charge in [-0.25, -0.2) is 4.79 Å². The van der Waals surface area contributed by atoms with E-state index in [2.05, 4.69) is 42.2 Å². The third-order valence-corrected chi connectivity index (χ3v) is 4.21. The summed E-state index contributed by atoms with van der Waals surface area (Å²) in [6.07, 6.45) is 2.89. The van der Waals surface area contributed by atoms with Gasteiger partial charge in [0.15, 0.2) is 0 Å². The lowest BCUT2D eigenvalue weighted by Gasteiger charge is -2.38. The van der Waals surface area contributed by atoms with Gasteiger partial charge >= 0.3 is 6.09 Å². The average molecular weight is 304 g/mol.